The third kappa shape index (κ3) is 4.26. The van der Waals surface area contributed by atoms with E-state index >= 15 is 0 Å². The molecule has 0 saturated carbocycles. The van der Waals surface area contributed by atoms with Crippen molar-refractivity contribution in [2.24, 2.45) is 5.92 Å². The summed E-state index contributed by atoms with van der Waals surface area (Å²) in [6.45, 7) is 4.54. The molecule has 0 aliphatic heterocycles. The van der Waals surface area contributed by atoms with Crippen molar-refractivity contribution in [1.82, 2.24) is 4.98 Å². The van der Waals surface area contributed by atoms with Crippen LogP contribution in [0.2, 0.25) is 0 Å². The van der Waals surface area contributed by atoms with Crippen LogP contribution in [0.15, 0.2) is 109 Å². The van der Waals surface area contributed by atoms with Gasteiger partial charge in [-0.2, -0.15) is 0 Å². The lowest BCUT2D eigenvalue weighted by atomic mass is 9.94. The number of nitrogens with zero attached hydrogens (tertiary/aromatic N) is 1. The summed E-state index contributed by atoms with van der Waals surface area (Å²) in [7, 11) is 0. The number of pyridine rings is 1. The molecule has 1 nitrogen and oxygen atoms in total. The van der Waals surface area contributed by atoms with Gasteiger partial charge in [0.25, 0.3) is 0 Å². The highest BCUT2D eigenvalue weighted by molar-refractivity contribution is 7.22. The molecule has 0 unspecified atom stereocenters. The Kier molecular flexibility index (Phi) is 5.67. The maximum absolute atomic E-state index is 4.88. The Bertz CT molecular complexity index is 1630. The van der Waals surface area contributed by atoms with E-state index < -0.39 is 0 Å². The van der Waals surface area contributed by atoms with E-state index in [0.717, 1.165) is 12.1 Å². The number of hydrogen-bond acceptors (Lipinski definition) is 2. The van der Waals surface area contributed by atoms with Gasteiger partial charge in [0, 0.05) is 32.1 Å². The second-order valence-corrected chi connectivity index (χ2v) is 10.7. The Labute approximate surface area is 210 Å². The van der Waals surface area contributed by atoms with Gasteiger partial charge in [-0.25, -0.2) is 0 Å². The zero-order valence-corrected chi connectivity index (χ0v) is 20.8. The summed E-state index contributed by atoms with van der Waals surface area (Å²) in [6, 6.07) is 37.4. The second kappa shape index (κ2) is 9.13. The van der Waals surface area contributed by atoms with Gasteiger partial charge in [-0.05, 0) is 64.2 Å². The lowest BCUT2D eigenvalue weighted by Gasteiger charge is -2.12. The molecule has 6 aromatic rings. The van der Waals surface area contributed by atoms with Crippen LogP contribution in [0.5, 0.6) is 0 Å². The number of aromatic nitrogens is 1. The lowest BCUT2D eigenvalue weighted by molar-refractivity contribution is 0.648. The largest absolute Gasteiger partial charge is 0.256 e. The van der Waals surface area contributed by atoms with Gasteiger partial charge in [0.05, 0.1) is 5.69 Å². The van der Waals surface area contributed by atoms with E-state index in [4.69, 9.17) is 4.98 Å². The van der Waals surface area contributed by atoms with E-state index in [2.05, 4.69) is 117 Å². The number of fused-ring (bicyclic) bond motifs is 2. The van der Waals surface area contributed by atoms with Crippen LogP contribution in [0.4, 0.5) is 0 Å². The summed E-state index contributed by atoms with van der Waals surface area (Å²) < 4.78 is 1.29. The molecular weight excluding hydrogens is 442 g/mol. The van der Waals surface area contributed by atoms with Gasteiger partial charge in [0.1, 0.15) is 0 Å². The first kappa shape index (κ1) is 21.8. The van der Waals surface area contributed by atoms with Crippen LogP contribution in [-0.4, -0.2) is 4.98 Å². The highest BCUT2D eigenvalue weighted by Gasteiger charge is 2.15. The van der Waals surface area contributed by atoms with Crippen LogP contribution in [0.3, 0.4) is 0 Å². The first-order valence-corrected chi connectivity index (χ1v) is 13.0. The van der Waals surface area contributed by atoms with E-state index in [9.17, 15) is 0 Å². The molecule has 2 aromatic heterocycles. The van der Waals surface area contributed by atoms with Crippen molar-refractivity contribution in [2.75, 3.05) is 0 Å². The quantitative estimate of drug-likeness (QED) is 0.245. The Morgan fingerprint density at radius 2 is 1.43 bits per heavy atom. The van der Waals surface area contributed by atoms with Crippen molar-refractivity contribution in [2.45, 2.75) is 20.3 Å². The Hall–Kier alpha value is -3.75. The van der Waals surface area contributed by atoms with Crippen molar-refractivity contribution < 1.29 is 0 Å². The lowest BCUT2D eigenvalue weighted by Crippen LogP contribution is -1.94. The standard InChI is InChI=1S/C33H27NS/c1-22(2)17-23-13-14-28-26(18-23)15-16-34-33(28)27-19-29(24-9-5-3-6-10-24)30-21-31(35-32(30)20-27)25-11-7-4-8-12-25/h3-16,18-22H,17H2,1-2H3. The molecule has 0 radical (unpaired) electrons. The summed E-state index contributed by atoms with van der Waals surface area (Å²) in [5.74, 6) is 0.641. The minimum Gasteiger partial charge on any atom is -0.256 e. The molecule has 0 atom stereocenters. The molecule has 0 saturated heterocycles. The summed E-state index contributed by atoms with van der Waals surface area (Å²) in [5, 5.41) is 3.76. The van der Waals surface area contributed by atoms with Gasteiger partial charge in [-0.15, -0.1) is 11.3 Å². The van der Waals surface area contributed by atoms with Gasteiger partial charge < -0.3 is 0 Å². The molecule has 35 heavy (non-hydrogen) atoms. The summed E-state index contributed by atoms with van der Waals surface area (Å²) in [6.07, 6.45) is 3.04. The van der Waals surface area contributed by atoms with Crippen LogP contribution < -0.4 is 0 Å². The smallest absolute Gasteiger partial charge is 0.0780 e. The van der Waals surface area contributed by atoms with Crippen molar-refractivity contribution in [3.63, 3.8) is 0 Å². The molecular formula is C33H27NS. The van der Waals surface area contributed by atoms with Crippen molar-refractivity contribution in [3.05, 3.63) is 115 Å². The minimum absolute atomic E-state index is 0.641. The average Bonchev–Trinajstić information content (AvgIpc) is 3.33. The number of rotatable bonds is 5. The zero-order chi connectivity index (χ0) is 23.8. The number of hydrogen-bond donors (Lipinski definition) is 0. The molecule has 0 bridgehead atoms. The summed E-state index contributed by atoms with van der Waals surface area (Å²) >= 11 is 1.85. The minimum atomic E-state index is 0.641. The van der Waals surface area contributed by atoms with Crippen LogP contribution in [0.25, 0.3) is 53.7 Å². The molecule has 0 spiro atoms. The first-order valence-electron chi connectivity index (χ1n) is 12.2. The van der Waals surface area contributed by atoms with E-state index in [1.807, 2.05) is 17.5 Å². The number of thiophene rings is 1. The normalized spacial score (nSPS) is 11.5. The van der Waals surface area contributed by atoms with Crippen molar-refractivity contribution >= 4 is 32.2 Å². The first-order chi connectivity index (χ1) is 17.2. The van der Waals surface area contributed by atoms with Crippen LogP contribution in [0.1, 0.15) is 19.4 Å². The Morgan fingerprint density at radius 1 is 0.686 bits per heavy atom. The second-order valence-electron chi connectivity index (χ2n) is 9.59. The monoisotopic (exact) mass is 469 g/mol. The topological polar surface area (TPSA) is 12.9 Å². The van der Waals surface area contributed by atoms with Crippen LogP contribution in [-0.2, 0) is 6.42 Å². The van der Waals surface area contributed by atoms with Gasteiger partial charge >= 0.3 is 0 Å². The fourth-order valence-corrected chi connectivity index (χ4v) is 6.07. The molecule has 0 amide bonds. The van der Waals surface area contributed by atoms with Gasteiger partial charge in [-0.1, -0.05) is 92.7 Å². The van der Waals surface area contributed by atoms with Crippen molar-refractivity contribution in [1.29, 1.82) is 0 Å². The third-order valence-corrected chi connectivity index (χ3v) is 7.66. The molecule has 2 heterocycles. The molecule has 0 aliphatic rings. The Balaban J connectivity index is 1.57. The van der Waals surface area contributed by atoms with Gasteiger partial charge in [0.2, 0.25) is 0 Å². The van der Waals surface area contributed by atoms with Gasteiger partial charge in [-0.3, -0.25) is 4.98 Å². The molecule has 6 rings (SSSR count). The van der Waals surface area contributed by atoms with E-state index in [1.54, 1.807) is 0 Å². The van der Waals surface area contributed by atoms with Crippen molar-refractivity contribution in [3.8, 4) is 32.8 Å². The maximum Gasteiger partial charge on any atom is 0.0780 e. The Morgan fingerprint density at radius 3 is 2.17 bits per heavy atom. The van der Waals surface area contributed by atoms with E-state index in [0.29, 0.717) is 5.92 Å². The maximum atomic E-state index is 4.88. The fraction of sp³-hybridized carbons (Fsp3) is 0.121. The molecule has 0 N–H and O–H groups in total. The van der Waals surface area contributed by atoms with E-state index in [-0.39, 0.29) is 0 Å². The summed E-state index contributed by atoms with van der Waals surface area (Å²) in [4.78, 5) is 6.17. The number of benzene rings is 4. The van der Waals surface area contributed by atoms with Crippen LogP contribution in [0, 0.1) is 5.92 Å². The highest BCUT2D eigenvalue weighted by Crippen LogP contribution is 2.42. The average molecular weight is 470 g/mol. The molecule has 0 aliphatic carbocycles. The fourth-order valence-electron chi connectivity index (χ4n) is 4.93. The van der Waals surface area contributed by atoms with Gasteiger partial charge in [0.15, 0.2) is 0 Å². The highest BCUT2D eigenvalue weighted by atomic mass is 32.1. The SMILES string of the molecule is CC(C)Cc1ccc2c(-c3cc(-c4ccccc4)c4cc(-c5ccccc5)sc4c3)nccc2c1. The molecule has 2 heteroatoms. The predicted molar refractivity (Wildman–Crippen MR) is 152 cm³/mol. The third-order valence-electron chi connectivity index (χ3n) is 6.53. The molecule has 4 aromatic carbocycles. The zero-order valence-electron chi connectivity index (χ0n) is 20.0. The van der Waals surface area contributed by atoms with Crippen LogP contribution >= 0.6 is 11.3 Å². The predicted octanol–water partition coefficient (Wildman–Crippen LogP) is 9.65. The molecule has 170 valence electrons. The van der Waals surface area contributed by atoms with E-state index in [1.165, 1.54) is 53.6 Å². The molecule has 0 fully saturated rings. The summed E-state index contributed by atoms with van der Waals surface area (Å²) in [5.41, 5.74) is 7.35.